The van der Waals surface area contributed by atoms with Crippen molar-refractivity contribution in [2.24, 2.45) is 5.92 Å². The van der Waals surface area contributed by atoms with E-state index in [1.807, 2.05) is 0 Å². The van der Waals surface area contributed by atoms with Gasteiger partial charge in [0.25, 0.3) is 0 Å². The van der Waals surface area contributed by atoms with Crippen LogP contribution in [0.15, 0.2) is 70.8 Å². The van der Waals surface area contributed by atoms with Crippen LogP contribution in [0.25, 0.3) is 0 Å². The van der Waals surface area contributed by atoms with Gasteiger partial charge in [0.15, 0.2) is 5.82 Å². The second-order valence-corrected chi connectivity index (χ2v) is 9.17. The third kappa shape index (κ3) is 6.10. The van der Waals surface area contributed by atoms with Crippen LogP contribution in [-0.2, 0) is 9.59 Å². The van der Waals surface area contributed by atoms with E-state index in [1.54, 1.807) is 48.4 Å². The monoisotopic (exact) mass is 461 g/mol. The summed E-state index contributed by atoms with van der Waals surface area (Å²) in [6.07, 6.45) is 4.94. The van der Waals surface area contributed by atoms with Gasteiger partial charge in [-0.05, 0) is 56.2 Å². The Kier molecular flexibility index (Phi) is 7.24. The molecule has 1 aliphatic rings. The minimum atomic E-state index is -0.123. The Morgan fingerprint density at radius 2 is 1.52 bits per heavy atom. The number of hydrogen-bond acceptors (Lipinski definition) is 6. The topological polar surface area (TPSA) is 87.2 Å². The second kappa shape index (κ2) is 10.5. The van der Waals surface area contributed by atoms with Crippen molar-refractivity contribution in [1.29, 1.82) is 0 Å². The molecule has 170 valence electrons. The van der Waals surface area contributed by atoms with Crippen molar-refractivity contribution >= 4 is 40.8 Å². The van der Waals surface area contributed by atoms with Crippen LogP contribution in [0.5, 0.6) is 0 Å². The van der Waals surface area contributed by atoms with Crippen LogP contribution < -0.4 is 15.5 Å². The summed E-state index contributed by atoms with van der Waals surface area (Å²) in [5.74, 6) is 0.717. The molecule has 1 aliphatic heterocycles. The zero-order chi connectivity index (χ0) is 23.2. The minimum Gasteiger partial charge on any atom is -0.354 e. The Hall–Kier alpha value is -3.39. The Morgan fingerprint density at radius 1 is 0.909 bits per heavy atom. The molecule has 8 heteroatoms. The van der Waals surface area contributed by atoms with E-state index in [-0.39, 0.29) is 17.7 Å². The number of aryl methyl sites for hydroxylation is 1. The highest BCUT2D eigenvalue weighted by Crippen LogP contribution is 2.34. The fraction of sp³-hybridized carbons (Fsp3) is 0.280. The molecule has 0 bridgehead atoms. The second-order valence-electron chi connectivity index (χ2n) is 8.11. The lowest BCUT2D eigenvalue weighted by Gasteiger charge is -2.32. The van der Waals surface area contributed by atoms with E-state index in [0.29, 0.717) is 5.69 Å². The lowest BCUT2D eigenvalue weighted by atomic mass is 9.96. The van der Waals surface area contributed by atoms with Gasteiger partial charge in [-0.3, -0.25) is 9.59 Å². The molecule has 1 saturated heterocycles. The maximum atomic E-state index is 12.8. The van der Waals surface area contributed by atoms with Crippen molar-refractivity contribution in [3.63, 3.8) is 0 Å². The van der Waals surface area contributed by atoms with Crippen LogP contribution in [0.4, 0.5) is 17.2 Å². The largest absolute Gasteiger partial charge is 0.354 e. The van der Waals surface area contributed by atoms with E-state index in [4.69, 9.17) is 0 Å². The van der Waals surface area contributed by atoms with Crippen LogP contribution in [-0.4, -0.2) is 34.9 Å². The summed E-state index contributed by atoms with van der Waals surface area (Å²) in [4.78, 5) is 36.4. The predicted molar refractivity (Wildman–Crippen MR) is 132 cm³/mol. The number of carbonyl (C=O) groups is 2. The molecule has 0 saturated carbocycles. The van der Waals surface area contributed by atoms with Gasteiger partial charge in [0.1, 0.15) is 5.03 Å². The molecule has 2 heterocycles. The van der Waals surface area contributed by atoms with Gasteiger partial charge in [-0.25, -0.2) is 9.97 Å². The fourth-order valence-corrected chi connectivity index (χ4v) is 4.64. The summed E-state index contributed by atoms with van der Waals surface area (Å²) in [5.41, 5.74) is 2.65. The Balaban J connectivity index is 1.34. The molecule has 2 N–H and O–H groups in total. The molecule has 0 spiro atoms. The molecule has 0 unspecified atom stereocenters. The fourth-order valence-electron chi connectivity index (χ4n) is 3.76. The smallest absolute Gasteiger partial charge is 0.227 e. The molecule has 33 heavy (non-hydrogen) atoms. The van der Waals surface area contributed by atoms with E-state index >= 15 is 0 Å². The van der Waals surface area contributed by atoms with Gasteiger partial charge in [-0.15, -0.1) is 0 Å². The quantitative estimate of drug-likeness (QED) is 0.551. The lowest BCUT2D eigenvalue weighted by molar-refractivity contribution is -0.120. The third-order valence-corrected chi connectivity index (χ3v) is 6.51. The first-order chi connectivity index (χ1) is 16.0. The number of aromatic nitrogens is 2. The minimum absolute atomic E-state index is 0.0235. The number of hydrogen-bond donors (Lipinski definition) is 2. The summed E-state index contributed by atoms with van der Waals surface area (Å²) in [6.45, 7) is 5.04. The van der Waals surface area contributed by atoms with Crippen molar-refractivity contribution in [3.05, 3.63) is 66.5 Å². The highest BCUT2D eigenvalue weighted by molar-refractivity contribution is 7.99. The molecule has 3 aromatic rings. The molecule has 0 atom stereocenters. The first-order valence-electron chi connectivity index (χ1n) is 11.0. The van der Waals surface area contributed by atoms with Crippen molar-refractivity contribution < 1.29 is 9.59 Å². The number of piperidine rings is 1. The van der Waals surface area contributed by atoms with Crippen molar-refractivity contribution in [3.8, 4) is 0 Å². The van der Waals surface area contributed by atoms with Crippen LogP contribution in [0, 0.1) is 12.8 Å². The molecule has 2 amide bonds. The van der Waals surface area contributed by atoms with Crippen LogP contribution in [0.1, 0.15) is 25.3 Å². The molecular weight excluding hydrogens is 434 g/mol. The molecule has 0 aliphatic carbocycles. The third-order valence-electron chi connectivity index (χ3n) is 5.52. The van der Waals surface area contributed by atoms with Gasteiger partial charge in [0, 0.05) is 54.6 Å². The summed E-state index contributed by atoms with van der Waals surface area (Å²) >= 11 is 1.61. The molecule has 1 aromatic heterocycles. The Bertz CT molecular complexity index is 1110. The predicted octanol–water partition coefficient (Wildman–Crippen LogP) is 4.75. The number of nitrogens with zero attached hydrogens (tertiary/aromatic N) is 3. The van der Waals surface area contributed by atoms with Gasteiger partial charge >= 0.3 is 0 Å². The molecule has 0 radical (unpaired) electrons. The number of nitrogens with one attached hydrogen (secondary N) is 2. The van der Waals surface area contributed by atoms with Crippen molar-refractivity contribution in [1.82, 2.24) is 9.97 Å². The maximum absolute atomic E-state index is 12.8. The zero-order valence-corrected chi connectivity index (χ0v) is 19.6. The number of benzene rings is 2. The van der Waals surface area contributed by atoms with Gasteiger partial charge < -0.3 is 15.5 Å². The van der Waals surface area contributed by atoms with Crippen molar-refractivity contribution in [2.45, 2.75) is 36.6 Å². The molecule has 2 aromatic carbocycles. The first-order valence-corrected chi connectivity index (χ1v) is 11.8. The van der Waals surface area contributed by atoms with E-state index in [0.717, 1.165) is 47.4 Å². The van der Waals surface area contributed by atoms with Gasteiger partial charge in [-0.1, -0.05) is 29.5 Å². The number of rotatable bonds is 6. The number of carbonyl (C=O) groups excluding carboxylic acids is 2. The SMILES string of the molecule is CC(=O)Nc1ccc(NC(=O)C2CCN(c3nccnc3Sc3ccc(C)cc3)CC2)cc1. The number of amides is 2. The summed E-state index contributed by atoms with van der Waals surface area (Å²) in [6, 6.07) is 15.5. The van der Waals surface area contributed by atoms with Gasteiger partial charge in [-0.2, -0.15) is 0 Å². The normalized spacial score (nSPS) is 14.1. The molecule has 4 rings (SSSR count). The highest BCUT2D eigenvalue weighted by atomic mass is 32.2. The average Bonchev–Trinajstić information content (AvgIpc) is 2.82. The van der Waals surface area contributed by atoms with E-state index in [9.17, 15) is 9.59 Å². The highest BCUT2D eigenvalue weighted by Gasteiger charge is 2.27. The molecule has 7 nitrogen and oxygen atoms in total. The van der Waals surface area contributed by atoms with Crippen LogP contribution >= 0.6 is 11.8 Å². The van der Waals surface area contributed by atoms with E-state index < -0.39 is 0 Å². The first kappa shape index (κ1) is 22.8. The molecular formula is C25H27N5O2S. The van der Waals surface area contributed by atoms with E-state index in [1.165, 1.54) is 12.5 Å². The lowest BCUT2D eigenvalue weighted by Crippen LogP contribution is -2.38. The number of anilines is 3. The summed E-state index contributed by atoms with van der Waals surface area (Å²) in [5, 5.41) is 6.59. The Labute approximate surface area is 198 Å². The Morgan fingerprint density at radius 3 is 2.15 bits per heavy atom. The average molecular weight is 462 g/mol. The van der Waals surface area contributed by atoms with Gasteiger partial charge in [0.2, 0.25) is 11.8 Å². The summed E-state index contributed by atoms with van der Waals surface area (Å²) < 4.78 is 0. The maximum Gasteiger partial charge on any atom is 0.227 e. The van der Waals surface area contributed by atoms with Crippen LogP contribution in [0.2, 0.25) is 0 Å². The van der Waals surface area contributed by atoms with Crippen molar-refractivity contribution in [2.75, 3.05) is 28.6 Å². The molecule has 1 fully saturated rings. The zero-order valence-electron chi connectivity index (χ0n) is 18.7. The standard InChI is InChI=1S/C25H27N5O2S/c1-17-3-9-22(10-4-17)33-25-23(26-13-14-27-25)30-15-11-19(12-16-30)24(32)29-21-7-5-20(6-8-21)28-18(2)31/h3-10,13-14,19H,11-12,15-16H2,1-2H3,(H,28,31)(H,29,32). The van der Waals surface area contributed by atoms with E-state index in [2.05, 4.69) is 56.7 Å². The van der Waals surface area contributed by atoms with Gasteiger partial charge in [0.05, 0.1) is 0 Å². The summed E-state index contributed by atoms with van der Waals surface area (Å²) in [7, 11) is 0. The van der Waals surface area contributed by atoms with Crippen LogP contribution in [0.3, 0.4) is 0 Å².